The van der Waals surface area contributed by atoms with Crippen molar-refractivity contribution in [3.05, 3.63) is 77.4 Å². The number of imidazole rings is 1. The van der Waals surface area contributed by atoms with Crippen molar-refractivity contribution in [2.75, 3.05) is 0 Å². The Bertz CT molecular complexity index is 854. The summed E-state index contributed by atoms with van der Waals surface area (Å²) in [6, 6.07) is 13.5. The van der Waals surface area contributed by atoms with Crippen LogP contribution in [0.4, 0.5) is 9.41 Å². The standard InChI is InChI=1S/C27H37N2.2FH/c1-18(2)22-11-9-12-23(19(3)4)26(22)28-15-16-29(17-28)27-24(20(5)6)13-10-14-25(27)21(7)8;;/h9-21H,1-8H3;2*1H/q+1;;. The number of para-hydroxylation sites is 2. The summed E-state index contributed by atoms with van der Waals surface area (Å²) >= 11 is 0. The lowest BCUT2D eigenvalue weighted by Gasteiger charge is -2.17. The van der Waals surface area contributed by atoms with Crippen LogP contribution >= 0.6 is 0 Å². The van der Waals surface area contributed by atoms with Gasteiger partial charge < -0.3 is 0 Å². The third-order valence-electron chi connectivity index (χ3n) is 5.84. The van der Waals surface area contributed by atoms with Crippen LogP contribution in [0.2, 0.25) is 0 Å². The van der Waals surface area contributed by atoms with Gasteiger partial charge in [0, 0.05) is 22.3 Å². The molecule has 0 amide bonds. The van der Waals surface area contributed by atoms with Gasteiger partial charge in [-0.15, -0.1) is 0 Å². The molecule has 2 nitrogen and oxygen atoms in total. The van der Waals surface area contributed by atoms with E-state index < -0.39 is 0 Å². The molecule has 0 spiro atoms. The van der Waals surface area contributed by atoms with E-state index in [9.17, 15) is 0 Å². The summed E-state index contributed by atoms with van der Waals surface area (Å²) in [5, 5.41) is 0. The molecule has 0 bridgehead atoms. The zero-order chi connectivity index (χ0) is 21.3. The van der Waals surface area contributed by atoms with Crippen LogP contribution in [0, 0.1) is 0 Å². The van der Waals surface area contributed by atoms with Crippen LogP contribution in [0.25, 0.3) is 11.4 Å². The lowest BCUT2D eigenvalue weighted by Crippen LogP contribution is -2.31. The first-order valence-corrected chi connectivity index (χ1v) is 11.1. The first-order chi connectivity index (χ1) is 13.7. The van der Waals surface area contributed by atoms with Crippen molar-refractivity contribution < 1.29 is 14.0 Å². The van der Waals surface area contributed by atoms with E-state index in [-0.39, 0.29) is 9.41 Å². The quantitative estimate of drug-likeness (QED) is 0.358. The molecule has 1 aromatic heterocycles. The van der Waals surface area contributed by atoms with E-state index in [4.69, 9.17) is 0 Å². The molecule has 2 aromatic carbocycles. The minimum Gasteiger partial charge on any atom is -0.269 e. The Labute approximate surface area is 186 Å². The Hall–Kier alpha value is -2.49. The Balaban J connectivity index is 0.00000240. The minimum absolute atomic E-state index is 0. The molecule has 0 aliphatic carbocycles. The van der Waals surface area contributed by atoms with Gasteiger partial charge in [-0.2, -0.15) is 0 Å². The Kier molecular flexibility index (Phi) is 9.16. The SMILES string of the molecule is CC(C)c1cccc(C(C)C)c1-n1cc[n+](-c2c(C(C)C)cccc2C(C)C)c1.F.F. The number of benzene rings is 2. The van der Waals surface area contributed by atoms with Gasteiger partial charge in [-0.1, -0.05) is 91.8 Å². The predicted octanol–water partition coefficient (Wildman–Crippen LogP) is 7.55. The van der Waals surface area contributed by atoms with Crippen molar-refractivity contribution in [1.29, 1.82) is 0 Å². The van der Waals surface area contributed by atoms with Gasteiger partial charge in [0.05, 0.1) is 0 Å². The number of aromatic nitrogens is 2. The van der Waals surface area contributed by atoms with E-state index in [2.05, 4.69) is 120 Å². The molecule has 0 unspecified atom stereocenters. The smallest absolute Gasteiger partial charge is 0.254 e. The highest BCUT2D eigenvalue weighted by atomic mass is 19.0. The topological polar surface area (TPSA) is 8.81 Å². The van der Waals surface area contributed by atoms with E-state index >= 15 is 0 Å². The molecule has 4 heteroatoms. The maximum Gasteiger partial charge on any atom is 0.254 e. The molecule has 3 aromatic rings. The monoisotopic (exact) mass is 429 g/mol. The Morgan fingerprint density at radius 2 is 1.00 bits per heavy atom. The van der Waals surface area contributed by atoms with Gasteiger partial charge in [-0.25, -0.2) is 9.13 Å². The lowest BCUT2D eigenvalue weighted by atomic mass is 9.92. The largest absolute Gasteiger partial charge is 0.269 e. The molecule has 0 saturated carbocycles. The average Bonchev–Trinajstić information content (AvgIpc) is 3.15. The van der Waals surface area contributed by atoms with E-state index in [1.165, 1.54) is 33.6 Å². The van der Waals surface area contributed by atoms with Crippen molar-refractivity contribution in [3.63, 3.8) is 0 Å². The first-order valence-electron chi connectivity index (χ1n) is 11.1. The highest BCUT2D eigenvalue weighted by molar-refractivity contribution is 5.51. The number of hydrogen-bond acceptors (Lipinski definition) is 0. The van der Waals surface area contributed by atoms with Crippen molar-refractivity contribution in [2.24, 2.45) is 0 Å². The van der Waals surface area contributed by atoms with Crippen molar-refractivity contribution in [2.45, 2.75) is 79.1 Å². The van der Waals surface area contributed by atoms with Gasteiger partial charge in [0.1, 0.15) is 23.8 Å². The van der Waals surface area contributed by atoms with Crippen LogP contribution in [0.1, 0.15) is 101 Å². The maximum atomic E-state index is 2.33. The summed E-state index contributed by atoms with van der Waals surface area (Å²) in [4.78, 5) is 0. The normalized spacial score (nSPS) is 11.2. The maximum absolute atomic E-state index is 2.33. The Morgan fingerprint density at radius 3 is 1.39 bits per heavy atom. The molecule has 0 radical (unpaired) electrons. The van der Waals surface area contributed by atoms with Gasteiger partial charge in [-0.3, -0.25) is 9.41 Å². The van der Waals surface area contributed by atoms with Crippen LogP contribution in [-0.2, 0) is 0 Å². The summed E-state index contributed by atoms with van der Waals surface area (Å²) in [6.45, 7) is 18.3. The molecule has 0 N–H and O–H groups in total. The fraction of sp³-hybridized carbons (Fsp3) is 0.444. The highest BCUT2D eigenvalue weighted by Gasteiger charge is 2.23. The zero-order valence-corrected chi connectivity index (χ0v) is 20.2. The van der Waals surface area contributed by atoms with E-state index in [1.54, 1.807) is 0 Å². The van der Waals surface area contributed by atoms with E-state index in [0.29, 0.717) is 23.7 Å². The Morgan fingerprint density at radius 1 is 0.613 bits per heavy atom. The average molecular weight is 430 g/mol. The zero-order valence-electron chi connectivity index (χ0n) is 20.2. The molecular weight excluding hydrogens is 390 g/mol. The van der Waals surface area contributed by atoms with Gasteiger partial charge in [0.2, 0.25) is 0 Å². The molecule has 0 aliphatic heterocycles. The second-order valence-corrected chi connectivity index (χ2v) is 9.42. The van der Waals surface area contributed by atoms with Crippen LogP contribution < -0.4 is 4.57 Å². The molecule has 170 valence electrons. The molecule has 0 saturated heterocycles. The summed E-state index contributed by atoms with van der Waals surface area (Å²) in [7, 11) is 0. The third kappa shape index (κ3) is 5.23. The van der Waals surface area contributed by atoms with Gasteiger partial charge in [-0.05, 0) is 23.7 Å². The second-order valence-electron chi connectivity index (χ2n) is 9.42. The molecule has 0 atom stereocenters. The van der Waals surface area contributed by atoms with Gasteiger partial charge >= 0.3 is 0 Å². The lowest BCUT2D eigenvalue weighted by molar-refractivity contribution is -0.596. The number of halogens is 2. The van der Waals surface area contributed by atoms with Crippen molar-refractivity contribution in [3.8, 4) is 11.4 Å². The molecule has 0 fully saturated rings. The summed E-state index contributed by atoms with van der Waals surface area (Å²) in [6.07, 6.45) is 6.70. The summed E-state index contributed by atoms with van der Waals surface area (Å²) in [5.41, 5.74) is 8.29. The van der Waals surface area contributed by atoms with Crippen molar-refractivity contribution in [1.82, 2.24) is 4.57 Å². The first kappa shape index (κ1) is 26.5. The van der Waals surface area contributed by atoms with Crippen LogP contribution in [-0.4, -0.2) is 4.57 Å². The predicted molar refractivity (Wildman–Crippen MR) is 129 cm³/mol. The fourth-order valence-electron chi connectivity index (χ4n) is 4.24. The molecule has 3 rings (SSSR count). The molecular formula is C27H39F2N2+. The minimum atomic E-state index is 0. The number of rotatable bonds is 6. The number of nitrogens with zero attached hydrogens (tertiary/aromatic N) is 2. The fourth-order valence-corrected chi connectivity index (χ4v) is 4.24. The van der Waals surface area contributed by atoms with Gasteiger partial charge in [0.25, 0.3) is 6.33 Å². The van der Waals surface area contributed by atoms with Crippen molar-refractivity contribution >= 4 is 0 Å². The second kappa shape index (κ2) is 10.7. The van der Waals surface area contributed by atoms with E-state index in [1.807, 2.05) is 0 Å². The van der Waals surface area contributed by atoms with Crippen LogP contribution in [0.3, 0.4) is 0 Å². The van der Waals surface area contributed by atoms with E-state index in [0.717, 1.165) is 0 Å². The summed E-state index contributed by atoms with van der Waals surface area (Å²) in [5.74, 6) is 1.92. The van der Waals surface area contributed by atoms with Gasteiger partial charge in [0.15, 0.2) is 0 Å². The summed E-state index contributed by atoms with van der Waals surface area (Å²) < 4.78 is 4.65. The number of hydrogen-bond donors (Lipinski definition) is 0. The molecule has 1 heterocycles. The van der Waals surface area contributed by atoms with Crippen LogP contribution in [0.5, 0.6) is 0 Å². The van der Waals surface area contributed by atoms with Crippen LogP contribution in [0.15, 0.2) is 55.1 Å². The molecule has 31 heavy (non-hydrogen) atoms. The third-order valence-corrected chi connectivity index (χ3v) is 5.84. The molecule has 0 aliphatic rings. The highest BCUT2D eigenvalue weighted by Crippen LogP contribution is 2.32.